The van der Waals surface area contributed by atoms with Gasteiger partial charge in [0.05, 0.1) is 9.85 Å². The van der Waals surface area contributed by atoms with Gasteiger partial charge in [0.2, 0.25) is 11.8 Å². The molecule has 0 aromatic heterocycles. The minimum Gasteiger partial charge on any atom is -0.872 e. The molecule has 4 aromatic rings. The molecule has 2 amide bonds. The van der Waals surface area contributed by atoms with Gasteiger partial charge in [-0.2, -0.15) is 0 Å². The van der Waals surface area contributed by atoms with Crippen molar-refractivity contribution in [2.75, 3.05) is 10.6 Å². The molecule has 13 heteroatoms. The quantitative estimate of drug-likeness (QED) is 0.0587. The molecule has 0 saturated carbocycles. The van der Waals surface area contributed by atoms with E-state index in [9.17, 15) is 40.0 Å². The van der Waals surface area contributed by atoms with Crippen molar-refractivity contribution < 1.29 is 46.1 Å². The van der Waals surface area contributed by atoms with Gasteiger partial charge in [-0.15, -0.1) is 11.5 Å². The maximum atomic E-state index is 11.7. The van der Waals surface area contributed by atoms with Crippen molar-refractivity contribution in [1.29, 1.82) is 0 Å². The van der Waals surface area contributed by atoms with E-state index in [-0.39, 0.29) is 27.9 Å². The van der Waals surface area contributed by atoms with Gasteiger partial charge in [0.25, 0.3) is 11.4 Å². The van der Waals surface area contributed by atoms with Crippen LogP contribution in [-0.4, -0.2) is 21.7 Å². The fraction of sp³-hybridized carbons (Fsp3) is 0. The SMILES string of the molecule is O=C(/C=C([O-])/C=C/c1ccc([N+](=O)[O-])cc1)Nc1ccccc1.O=C(/C=C([O-])/C=C/c1ccc([N+](=O)[O-])cc1)Nc1ccccc1.[Ni+2]. The maximum Gasteiger partial charge on any atom is 2.00 e. The Morgan fingerprint density at radius 3 is 1.15 bits per heavy atom. The van der Waals surface area contributed by atoms with Crippen molar-refractivity contribution >= 4 is 46.7 Å². The smallest absolute Gasteiger partial charge is 0.872 e. The normalized spacial score (nSPS) is 11.1. The third kappa shape index (κ3) is 13.9. The summed E-state index contributed by atoms with van der Waals surface area (Å²) < 4.78 is 0. The number of non-ortho nitro benzene ring substituents is 2. The molecule has 0 aliphatic carbocycles. The summed E-state index contributed by atoms with van der Waals surface area (Å²) in [6.45, 7) is 0. The van der Waals surface area contributed by atoms with Crippen LogP contribution in [0.2, 0.25) is 0 Å². The predicted octanol–water partition coefficient (Wildman–Crippen LogP) is 4.98. The third-order valence-corrected chi connectivity index (χ3v) is 5.72. The van der Waals surface area contributed by atoms with Crippen molar-refractivity contribution in [1.82, 2.24) is 0 Å². The number of benzene rings is 4. The number of amides is 2. The van der Waals surface area contributed by atoms with Gasteiger partial charge in [-0.3, -0.25) is 29.8 Å². The van der Waals surface area contributed by atoms with Gasteiger partial charge in [0.15, 0.2) is 0 Å². The van der Waals surface area contributed by atoms with E-state index in [1.165, 1.54) is 72.8 Å². The van der Waals surface area contributed by atoms with Gasteiger partial charge < -0.3 is 20.8 Å². The predicted molar refractivity (Wildman–Crippen MR) is 171 cm³/mol. The van der Waals surface area contributed by atoms with Crippen LogP contribution in [0.1, 0.15) is 11.1 Å². The van der Waals surface area contributed by atoms with Gasteiger partial charge in [0.1, 0.15) is 0 Å². The number of nitro benzene ring substituents is 2. The van der Waals surface area contributed by atoms with Crippen LogP contribution in [0.5, 0.6) is 0 Å². The minimum absolute atomic E-state index is 0. The Kier molecular flexibility index (Phi) is 15.0. The number of nitro groups is 2. The summed E-state index contributed by atoms with van der Waals surface area (Å²) in [5.41, 5.74) is 2.40. The molecule has 0 heterocycles. The number of allylic oxidation sites excluding steroid dienone is 2. The summed E-state index contributed by atoms with van der Waals surface area (Å²) in [6.07, 6.45) is 7.30. The summed E-state index contributed by atoms with van der Waals surface area (Å²) in [7, 11) is 0. The molecule has 0 unspecified atom stereocenters. The minimum atomic E-state index is -0.519. The second-order valence-electron chi connectivity index (χ2n) is 9.17. The number of anilines is 2. The van der Waals surface area contributed by atoms with Crippen LogP contribution in [-0.2, 0) is 26.1 Å². The molecule has 0 bridgehead atoms. The van der Waals surface area contributed by atoms with Crippen LogP contribution in [0, 0.1) is 20.2 Å². The molecule has 0 aliphatic rings. The largest absolute Gasteiger partial charge is 2.00 e. The number of nitrogens with one attached hydrogen (secondary N) is 2. The maximum absolute atomic E-state index is 11.7. The van der Waals surface area contributed by atoms with Gasteiger partial charge in [-0.1, -0.05) is 60.7 Å². The first-order valence-electron chi connectivity index (χ1n) is 13.4. The van der Waals surface area contributed by atoms with Crippen molar-refractivity contribution in [3.8, 4) is 0 Å². The number of nitrogens with zero attached hydrogens (tertiary/aromatic N) is 2. The average Bonchev–Trinajstić information content (AvgIpc) is 3.04. The molecule has 4 aromatic carbocycles. The molecule has 0 atom stereocenters. The van der Waals surface area contributed by atoms with Crippen molar-refractivity contribution in [2.24, 2.45) is 0 Å². The summed E-state index contributed by atoms with van der Waals surface area (Å²) >= 11 is 0. The van der Waals surface area contributed by atoms with Gasteiger partial charge in [0, 0.05) is 35.6 Å². The molecule has 0 radical (unpaired) electrons. The van der Waals surface area contributed by atoms with E-state index in [4.69, 9.17) is 0 Å². The van der Waals surface area contributed by atoms with Crippen LogP contribution < -0.4 is 20.8 Å². The van der Waals surface area contributed by atoms with Gasteiger partial charge in [-0.25, -0.2) is 0 Å². The fourth-order valence-corrected chi connectivity index (χ4v) is 3.53. The molecule has 2 N–H and O–H groups in total. The Balaban J connectivity index is 0.000000320. The van der Waals surface area contributed by atoms with Crippen LogP contribution in [0.25, 0.3) is 12.2 Å². The van der Waals surface area contributed by atoms with E-state index in [0.717, 1.165) is 12.2 Å². The molecular weight excluding hydrogens is 651 g/mol. The van der Waals surface area contributed by atoms with Crippen LogP contribution in [0.4, 0.5) is 22.7 Å². The average molecular weight is 677 g/mol. The molecule has 0 spiro atoms. The number of para-hydroxylation sites is 2. The number of carbonyl (C=O) groups excluding carboxylic acids is 2. The Morgan fingerprint density at radius 2 is 0.851 bits per heavy atom. The van der Waals surface area contributed by atoms with Crippen LogP contribution in [0.3, 0.4) is 0 Å². The van der Waals surface area contributed by atoms with Gasteiger partial charge in [-0.05, 0) is 71.8 Å². The van der Waals surface area contributed by atoms with Crippen molar-refractivity contribution in [2.45, 2.75) is 0 Å². The van der Waals surface area contributed by atoms with Crippen LogP contribution in [0.15, 0.2) is 145 Å². The van der Waals surface area contributed by atoms with E-state index in [0.29, 0.717) is 22.5 Å². The van der Waals surface area contributed by atoms with E-state index in [2.05, 4.69) is 10.6 Å². The van der Waals surface area contributed by atoms with E-state index in [1.54, 1.807) is 48.5 Å². The zero-order chi connectivity index (χ0) is 33.3. The topological polar surface area (TPSA) is 191 Å². The first kappa shape index (κ1) is 36.9. The molecule has 0 fully saturated rings. The van der Waals surface area contributed by atoms with Crippen molar-refractivity contribution in [3.63, 3.8) is 0 Å². The first-order valence-corrected chi connectivity index (χ1v) is 13.4. The van der Waals surface area contributed by atoms with Crippen molar-refractivity contribution in [3.05, 3.63) is 176 Å². The molecule has 0 saturated heterocycles. The van der Waals surface area contributed by atoms with Crippen LogP contribution >= 0.6 is 0 Å². The fourth-order valence-electron chi connectivity index (χ4n) is 3.53. The zero-order valence-electron chi connectivity index (χ0n) is 24.3. The summed E-state index contributed by atoms with van der Waals surface area (Å²) in [4.78, 5) is 43.4. The Hall–Kier alpha value is -6.33. The molecule has 12 nitrogen and oxygen atoms in total. The Labute approximate surface area is 279 Å². The molecule has 4 rings (SSSR count). The molecule has 240 valence electrons. The van der Waals surface area contributed by atoms with Gasteiger partial charge >= 0.3 is 16.5 Å². The standard InChI is InChI=1S/2C17H14N2O4.Ni/c2*20-16(12-17(21)18-14-4-2-1-3-5-14)11-8-13-6-9-15(10-7-13)19(22)23;/h2*1-12,20H,(H,18,21);/q;;+2/p-2/b2*11-8+,16-12-;. The first-order chi connectivity index (χ1) is 22.1. The molecular formula is C34H26N4NiO8. The third-order valence-electron chi connectivity index (χ3n) is 5.72. The second-order valence-corrected chi connectivity index (χ2v) is 9.17. The number of hydrogen-bond acceptors (Lipinski definition) is 8. The number of hydrogen-bond donors (Lipinski definition) is 2. The number of rotatable bonds is 10. The second kappa shape index (κ2) is 19.1. The summed E-state index contributed by atoms with van der Waals surface area (Å²) in [5.74, 6) is -1.99. The Bertz CT molecular complexity index is 1640. The number of carbonyl (C=O) groups is 2. The van der Waals surface area contributed by atoms with E-state index < -0.39 is 33.2 Å². The Morgan fingerprint density at radius 1 is 0.532 bits per heavy atom. The zero-order valence-corrected chi connectivity index (χ0v) is 25.3. The molecule has 47 heavy (non-hydrogen) atoms. The molecule has 0 aliphatic heterocycles. The van der Waals surface area contributed by atoms with E-state index >= 15 is 0 Å². The monoisotopic (exact) mass is 676 g/mol. The summed E-state index contributed by atoms with van der Waals surface area (Å²) in [5, 5.41) is 49.6. The summed E-state index contributed by atoms with van der Waals surface area (Å²) in [6, 6.07) is 29.0. The van der Waals surface area contributed by atoms with E-state index in [1.807, 2.05) is 12.1 Å².